The zero-order valence-corrected chi connectivity index (χ0v) is 23.3. The Morgan fingerprint density at radius 3 is 1.81 bits per heavy atom. The van der Waals surface area contributed by atoms with Gasteiger partial charge in [-0.15, -0.1) is 12.8 Å². The monoisotopic (exact) mass is 690 g/mol. The van der Waals surface area contributed by atoms with Crippen molar-refractivity contribution in [3.8, 4) is 41.9 Å². The molecule has 0 spiro atoms. The fourth-order valence-electron chi connectivity index (χ4n) is 2.83. The van der Waals surface area contributed by atoms with Crippen molar-refractivity contribution in [2.24, 2.45) is 0 Å². The smallest absolute Gasteiger partial charge is 0.193 e. The van der Waals surface area contributed by atoms with Crippen LogP contribution in [0, 0.1) is 28.4 Å². The summed E-state index contributed by atoms with van der Waals surface area (Å²) in [5.41, 5.74) is 8.20. The molecule has 5 rings (SSSR count). The third-order valence-corrected chi connectivity index (χ3v) is 5.40. The van der Waals surface area contributed by atoms with Gasteiger partial charge in [0.25, 0.3) is 0 Å². The Bertz CT molecular complexity index is 1480. The van der Waals surface area contributed by atoms with Crippen LogP contribution in [-0.2, 0) is 20.4 Å². The van der Waals surface area contributed by atoms with Crippen molar-refractivity contribution in [3.05, 3.63) is 140 Å². The first-order valence-corrected chi connectivity index (χ1v) is 11.7. The molecule has 0 aliphatic heterocycles. The van der Waals surface area contributed by atoms with Gasteiger partial charge in [0.2, 0.25) is 0 Å². The number of fused-ring (bicyclic) bond motifs is 1. The van der Waals surface area contributed by atoms with E-state index in [1.165, 1.54) is 12.1 Å². The summed E-state index contributed by atoms with van der Waals surface area (Å²) in [6.07, 6.45) is 9.36. The first-order chi connectivity index (χ1) is 17.5. The summed E-state index contributed by atoms with van der Waals surface area (Å²) in [5, 5.41) is 9.53. The van der Waals surface area contributed by atoms with E-state index in [1.807, 2.05) is 91.0 Å². The predicted octanol–water partition coefficient (Wildman–Crippen LogP) is 7.75. The molecule has 6 heteroatoms. The van der Waals surface area contributed by atoms with Gasteiger partial charge in [-0.1, -0.05) is 78.7 Å². The molecule has 0 saturated carbocycles. The van der Waals surface area contributed by atoms with Crippen molar-refractivity contribution >= 4 is 33.6 Å². The van der Waals surface area contributed by atoms with Crippen LogP contribution in [0.4, 0.5) is 0 Å². The van der Waals surface area contributed by atoms with E-state index in [2.05, 4.69) is 34.9 Å². The molecule has 0 amide bonds. The Morgan fingerprint density at radius 1 is 0.784 bits per heavy atom. The summed E-state index contributed by atoms with van der Waals surface area (Å²) in [6, 6.07) is 36.8. The standard InChI is InChI=1S/C15H10O2.C8H6.C6H5IO.C2H2N.Pd/c16-13-10-15(11-6-2-1-3-7-11)17-14-9-5-4-8-12(13)14;1-2-8-6-4-3-5-7-8;7-5-3-1-2-4-6(5)8;1-2-3;/h1-10H;1,3-7H;1-4,8H;1,3H;/q;;;-1;. The summed E-state index contributed by atoms with van der Waals surface area (Å²) in [4.78, 5) is 11.9. The van der Waals surface area contributed by atoms with Gasteiger partial charge in [-0.25, -0.2) is 6.04 Å². The number of phenols is 1. The molecule has 0 bridgehead atoms. The molecule has 0 aliphatic rings. The Balaban J connectivity index is 0.000000289. The Hall–Kier alpha value is -3.80. The third-order valence-electron chi connectivity index (χ3n) is 4.49. The normalized spacial score (nSPS) is 8.73. The predicted molar refractivity (Wildman–Crippen MR) is 156 cm³/mol. The first kappa shape index (κ1) is 31.2. The maximum absolute atomic E-state index is 11.9. The second-order valence-corrected chi connectivity index (χ2v) is 8.11. The van der Waals surface area contributed by atoms with Crippen LogP contribution in [-0.4, -0.2) is 5.11 Å². The molecule has 1 heterocycles. The van der Waals surface area contributed by atoms with Crippen molar-refractivity contribution in [3.63, 3.8) is 0 Å². The number of para-hydroxylation sites is 2. The molecular formula is C31H23INO3Pd-. The van der Waals surface area contributed by atoms with Gasteiger partial charge in [-0.05, 0) is 59.0 Å². The van der Waals surface area contributed by atoms with E-state index in [0.717, 1.165) is 14.7 Å². The molecule has 0 atom stereocenters. The van der Waals surface area contributed by atoms with Crippen molar-refractivity contribution in [2.75, 3.05) is 0 Å². The molecule has 0 radical (unpaired) electrons. The summed E-state index contributed by atoms with van der Waals surface area (Å²) >= 11 is 2.07. The number of hydrogen-bond acceptors (Lipinski definition) is 3. The van der Waals surface area contributed by atoms with E-state index in [0.29, 0.717) is 22.5 Å². The minimum Gasteiger partial charge on any atom is -0.657 e. The fraction of sp³-hybridized carbons (Fsp3) is 0. The van der Waals surface area contributed by atoms with Crippen LogP contribution in [0.15, 0.2) is 124 Å². The molecule has 0 fully saturated rings. The number of rotatable bonds is 1. The van der Waals surface area contributed by atoms with E-state index >= 15 is 0 Å². The maximum Gasteiger partial charge on any atom is 0.193 e. The molecule has 2 N–H and O–H groups in total. The van der Waals surface area contributed by atoms with E-state index < -0.39 is 0 Å². The van der Waals surface area contributed by atoms with Crippen LogP contribution in [0.25, 0.3) is 28.0 Å². The first-order valence-electron chi connectivity index (χ1n) is 10.7. The molecule has 0 unspecified atom stereocenters. The van der Waals surface area contributed by atoms with Crippen molar-refractivity contribution < 1.29 is 29.9 Å². The molecule has 1 aromatic heterocycles. The number of hydrogen-bond donors (Lipinski definition) is 1. The number of benzene rings is 4. The van der Waals surface area contributed by atoms with Crippen LogP contribution < -0.4 is 5.43 Å². The van der Waals surface area contributed by atoms with E-state index in [-0.39, 0.29) is 25.9 Å². The van der Waals surface area contributed by atoms with Crippen LogP contribution in [0.1, 0.15) is 5.56 Å². The van der Waals surface area contributed by atoms with Gasteiger partial charge in [0, 0.05) is 37.6 Å². The molecule has 5 aromatic rings. The van der Waals surface area contributed by atoms with Gasteiger partial charge in [-0.3, -0.25) is 4.79 Å². The van der Waals surface area contributed by atoms with Crippen molar-refractivity contribution in [1.82, 2.24) is 0 Å². The van der Waals surface area contributed by atoms with Gasteiger partial charge in [-0.2, -0.15) is 0 Å². The van der Waals surface area contributed by atoms with Crippen molar-refractivity contribution in [2.45, 2.75) is 0 Å². The summed E-state index contributed by atoms with van der Waals surface area (Å²) in [7, 11) is 0. The quantitative estimate of drug-likeness (QED) is 0.111. The van der Waals surface area contributed by atoms with Gasteiger partial charge >= 0.3 is 0 Å². The Kier molecular flexibility index (Phi) is 14.9. The second-order valence-electron chi connectivity index (χ2n) is 6.94. The van der Waals surface area contributed by atoms with Gasteiger partial charge in [0.05, 0.1) is 8.96 Å². The number of halogens is 1. The number of phenolic OH excluding ortho intramolecular Hbond substituents is 1. The molecule has 0 saturated heterocycles. The summed E-state index contributed by atoms with van der Waals surface area (Å²) in [5.74, 6) is 3.49. The van der Waals surface area contributed by atoms with Crippen LogP contribution in [0.3, 0.4) is 0 Å². The van der Waals surface area contributed by atoms with E-state index in [1.54, 1.807) is 18.2 Å². The topological polar surface area (TPSA) is 74.2 Å². The largest absolute Gasteiger partial charge is 0.657 e. The molecule has 4 nitrogen and oxygen atoms in total. The summed E-state index contributed by atoms with van der Waals surface area (Å²) < 4.78 is 6.62. The van der Waals surface area contributed by atoms with Crippen molar-refractivity contribution in [1.29, 1.82) is 0 Å². The molecular weight excluding hydrogens is 668 g/mol. The minimum absolute atomic E-state index is 0. The Labute approximate surface area is 244 Å². The zero-order chi connectivity index (χ0) is 26.2. The number of nitrogens with one attached hydrogen (secondary N) is 1. The average molecular weight is 691 g/mol. The summed E-state index contributed by atoms with van der Waals surface area (Å²) in [6.45, 7) is 0. The molecule has 37 heavy (non-hydrogen) atoms. The second kappa shape index (κ2) is 17.6. The Morgan fingerprint density at radius 2 is 1.30 bits per heavy atom. The van der Waals surface area contributed by atoms with E-state index in [9.17, 15) is 4.79 Å². The van der Waals surface area contributed by atoms with E-state index in [4.69, 9.17) is 21.7 Å². The molecule has 188 valence electrons. The van der Waals surface area contributed by atoms with Crippen LogP contribution >= 0.6 is 22.6 Å². The minimum atomic E-state index is -0.00861. The SMILES string of the molecule is C#C[NH-].C#Cc1ccccc1.O=c1cc(-c2ccccc2)oc2ccccc12.Oc1ccccc1I.[Pd]. The fourth-order valence-corrected chi connectivity index (χ4v) is 3.22. The number of terminal acetylenes is 2. The van der Waals surface area contributed by atoms with Crippen LogP contribution in [0.2, 0.25) is 0 Å². The van der Waals surface area contributed by atoms with Crippen LogP contribution in [0.5, 0.6) is 5.75 Å². The molecule has 0 aliphatic carbocycles. The zero-order valence-electron chi connectivity index (χ0n) is 19.6. The maximum atomic E-state index is 11.9. The third kappa shape index (κ3) is 10.8. The average Bonchev–Trinajstić information content (AvgIpc) is 2.92. The number of aromatic hydroxyl groups is 1. The van der Waals surface area contributed by atoms with Gasteiger partial charge in [0.1, 0.15) is 17.1 Å². The van der Waals surface area contributed by atoms with Gasteiger partial charge < -0.3 is 15.3 Å². The van der Waals surface area contributed by atoms with Gasteiger partial charge in [0.15, 0.2) is 5.43 Å². The molecule has 4 aromatic carbocycles.